The molecular weight excluding hydrogens is 362 g/mol. The number of likely N-dealkylation sites (tertiary alicyclic amines) is 1. The highest BCUT2D eigenvalue weighted by atomic mass is 16.2. The van der Waals surface area contributed by atoms with E-state index < -0.39 is 5.41 Å². The van der Waals surface area contributed by atoms with Gasteiger partial charge in [-0.05, 0) is 55.4 Å². The lowest BCUT2D eigenvalue weighted by molar-refractivity contribution is -0.141. The fourth-order valence-electron chi connectivity index (χ4n) is 4.26. The third-order valence-electron chi connectivity index (χ3n) is 5.68. The maximum Gasteiger partial charge on any atom is 0.228 e. The number of amides is 2. The van der Waals surface area contributed by atoms with Crippen LogP contribution in [0, 0.1) is 5.41 Å². The van der Waals surface area contributed by atoms with Gasteiger partial charge in [0.1, 0.15) is 0 Å². The minimum atomic E-state index is -0.578. The van der Waals surface area contributed by atoms with E-state index in [4.69, 9.17) is 0 Å². The van der Waals surface area contributed by atoms with Gasteiger partial charge in [0.2, 0.25) is 11.8 Å². The average molecular weight is 394 g/mol. The second kappa shape index (κ2) is 9.68. The summed E-state index contributed by atoms with van der Waals surface area (Å²) in [5.74, 6) is 0.214. The van der Waals surface area contributed by atoms with Crippen LogP contribution >= 0.6 is 0 Å². The van der Waals surface area contributed by atoms with E-state index in [2.05, 4.69) is 28.5 Å². The van der Waals surface area contributed by atoms with Crippen LogP contribution in [0.25, 0.3) is 11.1 Å². The molecule has 1 aromatic carbocycles. The highest BCUT2D eigenvalue weighted by molar-refractivity contribution is 5.85. The van der Waals surface area contributed by atoms with E-state index in [0.717, 1.165) is 42.5 Å². The molecule has 2 aromatic rings. The highest BCUT2D eigenvalue weighted by Gasteiger charge is 2.43. The van der Waals surface area contributed by atoms with Gasteiger partial charge in [0, 0.05) is 38.4 Å². The van der Waals surface area contributed by atoms with Crippen molar-refractivity contribution >= 4 is 11.8 Å². The maximum atomic E-state index is 13.1. The van der Waals surface area contributed by atoms with E-state index in [1.165, 1.54) is 0 Å². The van der Waals surface area contributed by atoms with Gasteiger partial charge in [-0.3, -0.25) is 14.6 Å². The van der Waals surface area contributed by atoms with Crippen molar-refractivity contribution < 1.29 is 9.59 Å². The van der Waals surface area contributed by atoms with Crippen molar-refractivity contribution in [2.45, 2.75) is 46.0 Å². The number of carbonyl (C=O) groups is 2. The lowest BCUT2D eigenvalue weighted by atomic mass is 9.74. The minimum absolute atomic E-state index is 0.0563. The van der Waals surface area contributed by atoms with Crippen LogP contribution in [0.15, 0.2) is 48.8 Å². The molecule has 1 aromatic heterocycles. The van der Waals surface area contributed by atoms with Gasteiger partial charge < -0.3 is 10.2 Å². The van der Waals surface area contributed by atoms with Gasteiger partial charge in [0.15, 0.2) is 0 Å². The van der Waals surface area contributed by atoms with Crippen molar-refractivity contribution in [1.82, 2.24) is 15.2 Å². The van der Waals surface area contributed by atoms with Crippen LogP contribution < -0.4 is 5.32 Å². The molecule has 29 heavy (non-hydrogen) atoms. The predicted molar refractivity (Wildman–Crippen MR) is 115 cm³/mol. The lowest BCUT2D eigenvalue weighted by Crippen LogP contribution is -2.54. The van der Waals surface area contributed by atoms with Crippen LogP contribution in [-0.2, 0) is 16.0 Å². The highest BCUT2D eigenvalue weighted by Crippen LogP contribution is 2.35. The third kappa shape index (κ3) is 5.03. The van der Waals surface area contributed by atoms with Crippen molar-refractivity contribution in [2.75, 3.05) is 19.6 Å². The first-order valence-corrected chi connectivity index (χ1v) is 10.6. The number of nitrogens with zero attached hydrogens (tertiary/aromatic N) is 2. The van der Waals surface area contributed by atoms with Crippen molar-refractivity contribution in [3.8, 4) is 11.1 Å². The summed E-state index contributed by atoms with van der Waals surface area (Å²) in [6, 6.07) is 12.3. The third-order valence-corrected chi connectivity index (χ3v) is 5.68. The number of nitrogens with one attached hydrogen (secondary N) is 1. The van der Waals surface area contributed by atoms with Gasteiger partial charge in [-0.25, -0.2) is 0 Å². The largest absolute Gasteiger partial charge is 0.356 e. The molecule has 1 unspecified atom stereocenters. The average Bonchev–Trinajstić information content (AvgIpc) is 2.75. The summed E-state index contributed by atoms with van der Waals surface area (Å²) in [7, 11) is 0. The van der Waals surface area contributed by atoms with E-state index in [1.807, 2.05) is 43.1 Å². The Kier molecular flexibility index (Phi) is 7.02. The Balaban J connectivity index is 1.88. The minimum Gasteiger partial charge on any atom is -0.356 e. The lowest BCUT2D eigenvalue weighted by Gasteiger charge is -2.42. The first kappa shape index (κ1) is 21.0. The van der Waals surface area contributed by atoms with Crippen molar-refractivity contribution in [2.24, 2.45) is 5.41 Å². The second-order valence-electron chi connectivity index (χ2n) is 7.93. The van der Waals surface area contributed by atoms with Crippen LogP contribution in [-0.4, -0.2) is 41.3 Å². The monoisotopic (exact) mass is 393 g/mol. The predicted octanol–water partition coefficient (Wildman–Crippen LogP) is 3.84. The molecule has 1 fully saturated rings. The van der Waals surface area contributed by atoms with E-state index >= 15 is 0 Å². The zero-order valence-electron chi connectivity index (χ0n) is 17.5. The SMILES string of the molecule is CCCC(=O)N1CCCC(Cc2cccc(-c3cccnc3)c2)(C(=O)NCC)C1. The Bertz CT molecular complexity index is 837. The fraction of sp³-hybridized carbons (Fsp3) is 0.458. The van der Waals surface area contributed by atoms with Gasteiger partial charge >= 0.3 is 0 Å². The van der Waals surface area contributed by atoms with Crippen molar-refractivity contribution in [3.05, 3.63) is 54.4 Å². The molecule has 5 nitrogen and oxygen atoms in total. The van der Waals surface area contributed by atoms with Crippen LogP contribution in [0.1, 0.15) is 45.1 Å². The van der Waals surface area contributed by atoms with Gasteiger partial charge in [-0.2, -0.15) is 0 Å². The molecule has 0 spiro atoms. The van der Waals surface area contributed by atoms with E-state index in [1.54, 1.807) is 6.20 Å². The zero-order chi connectivity index (χ0) is 20.7. The maximum absolute atomic E-state index is 13.1. The zero-order valence-corrected chi connectivity index (χ0v) is 17.5. The molecule has 0 bridgehead atoms. The van der Waals surface area contributed by atoms with Gasteiger partial charge in [0.25, 0.3) is 0 Å². The Morgan fingerprint density at radius 2 is 2.00 bits per heavy atom. The topological polar surface area (TPSA) is 62.3 Å². The Morgan fingerprint density at radius 3 is 2.72 bits per heavy atom. The molecule has 1 atom stereocenters. The number of hydrogen-bond donors (Lipinski definition) is 1. The van der Waals surface area contributed by atoms with Crippen LogP contribution in [0.3, 0.4) is 0 Å². The number of piperidine rings is 1. The van der Waals surface area contributed by atoms with Crippen molar-refractivity contribution in [3.63, 3.8) is 0 Å². The number of carbonyl (C=O) groups excluding carboxylic acids is 2. The first-order valence-electron chi connectivity index (χ1n) is 10.6. The number of benzene rings is 1. The van der Waals surface area contributed by atoms with E-state index in [-0.39, 0.29) is 11.8 Å². The Labute approximate surface area is 173 Å². The first-order chi connectivity index (χ1) is 14.1. The molecule has 0 aliphatic carbocycles. The number of hydrogen-bond acceptors (Lipinski definition) is 3. The normalized spacial score (nSPS) is 19.0. The number of pyridine rings is 1. The molecule has 2 amide bonds. The molecule has 1 N–H and O–H groups in total. The summed E-state index contributed by atoms with van der Waals surface area (Å²) in [4.78, 5) is 31.8. The molecule has 5 heteroatoms. The fourth-order valence-corrected chi connectivity index (χ4v) is 4.26. The number of rotatable bonds is 7. The molecule has 1 aliphatic heterocycles. The smallest absolute Gasteiger partial charge is 0.228 e. The van der Waals surface area contributed by atoms with Gasteiger partial charge in [-0.1, -0.05) is 37.3 Å². The summed E-state index contributed by atoms with van der Waals surface area (Å²) in [5.41, 5.74) is 2.69. The summed E-state index contributed by atoms with van der Waals surface area (Å²) >= 11 is 0. The van der Waals surface area contributed by atoms with Crippen LogP contribution in [0.4, 0.5) is 0 Å². The molecule has 0 saturated carbocycles. The standard InChI is InChI=1S/C24H31N3O2/c1-3-8-22(28)27-14-7-12-24(18-27,23(29)26-4-2)16-19-9-5-10-20(15-19)21-11-6-13-25-17-21/h5-6,9-11,13,15,17H,3-4,7-8,12,14,16,18H2,1-2H3,(H,26,29). The molecule has 1 aliphatic rings. The summed E-state index contributed by atoms with van der Waals surface area (Å²) in [5, 5.41) is 3.03. The van der Waals surface area contributed by atoms with E-state index in [9.17, 15) is 9.59 Å². The molecule has 3 rings (SSSR count). The molecule has 2 heterocycles. The van der Waals surface area contributed by atoms with Crippen LogP contribution in [0.2, 0.25) is 0 Å². The summed E-state index contributed by atoms with van der Waals surface area (Å²) in [6.07, 6.45) is 7.27. The van der Waals surface area contributed by atoms with Gasteiger partial charge in [-0.15, -0.1) is 0 Å². The summed E-state index contributed by atoms with van der Waals surface area (Å²) in [6.45, 7) is 5.80. The number of aromatic nitrogens is 1. The molecule has 1 saturated heterocycles. The molecular formula is C24H31N3O2. The van der Waals surface area contributed by atoms with E-state index in [0.29, 0.717) is 25.9 Å². The van der Waals surface area contributed by atoms with Crippen molar-refractivity contribution in [1.29, 1.82) is 0 Å². The quantitative estimate of drug-likeness (QED) is 0.777. The Morgan fingerprint density at radius 1 is 1.17 bits per heavy atom. The summed E-state index contributed by atoms with van der Waals surface area (Å²) < 4.78 is 0. The van der Waals surface area contributed by atoms with Gasteiger partial charge in [0.05, 0.1) is 5.41 Å². The Hall–Kier alpha value is -2.69. The molecule has 154 valence electrons. The molecule has 0 radical (unpaired) electrons. The van der Waals surface area contributed by atoms with Crippen LogP contribution in [0.5, 0.6) is 0 Å². The second-order valence-corrected chi connectivity index (χ2v) is 7.93.